The lowest BCUT2D eigenvalue weighted by Crippen LogP contribution is -2.27. The highest BCUT2D eigenvalue weighted by Crippen LogP contribution is 2.10. The summed E-state index contributed by atoms with van der Waals surface area (Å²) in [4.78, 5) is 23.1. The molecule has 0 spiro atoms. The van der Waals surface area contributed by atoms with Gasteiger partial charge in [-0.1, -0.05) is 18.2 Å². The fourth-order valence-corrected chi connectivity index (χ4v) is 1.20. The van der Waals surface area contributed by atoms with Gasteiger partial charge in [-0.15, -0.1) is 6.58 Å². The third-order valence-corrected chi connectivity index (χ3v) is 1.98. The first-order valence-corrected chi connectivity index (χ1v) is 5.76. The largest absolute Gasteiger partial charge is 0.465 e. The van der Waals surface area contributed by atoms with Gasteiger partial charge < -0.3 is 9.47 Å². The summed E-state index contributed by atoms with van der Waals surface area (Å²) < 4.78 is 9.67. The number of hydrogen-bond acceptors (Lipinski definition) is 4. The molecule has 0 aromatic heterocycles. The molecule has 0 N–H and O–H groups in total. The van der Waals surface area contributed by atoms with E-state index >= 15 is 0 Å². The number of carbonyl (C=O) groups excluding carboxylic acids is 2. The van der Waals surface area contributed by atoms with Crippen molar-refractivity contribution in [1.29, 1.82) is 0 Å². The van der Waals surface area contributed by atoms with Gasteiger partial charge in [0.15, 0.2) is 5.92 Å². The zero-order valence-corrected chi connectivity index (χ0v) is 10.5. The summed E-state index contributed by atoms with van der Waals surface area (Å²) in [5.41, 5.74) is 0. The molecule has 17 heavy (non-hydrogen) atoms. The molecule has 0 rings (SSSR count). The van der Waals surface area contributed by atoms with Crippen LogP contribution in [0.25, 0.3) is 0 Å². The van der Waals surface area contributed by atoms with Crippen LogP contribution in [0.15, 0.2) is 24.8 Å². The molecule has 0 aromatic rings. The molecule has 0 unspecified atom stereocenters. The van der Waals surface area contributed by atoms with E-state index in [2.05, 4.69) is 6.58 Å². The Labute approximate surface area is 102 Å². The molecule has 4 heteroatoms. The van der Waals surface area contributed by atoms with Crippen molar-refractivity contribution >= 4 is 11.9 Å². The summed E-state index contributed by atoms with van der Waals surface area (Å²) in [5.74, 6) is -1.93. The van der Waals surface area contributed by atoms with Crippen LogP contribution >= 0.6 is 0 Å². The van der Waals surface area contributed by atoms with Gasteiger partial charge in [0.2, 0.25) is 0 Å². The fraction of sp³-hybridized carbons (Fsp3) is 0.538. The minimum absolute atomic E-state index is 0.255. The maximum absolute atomic E-state index is 11.5. The second kappa shape index (κ2) is 9.63. The van der Waals surface area contributed by atoms with Crippen molar-refractivity contribution in [3.8, 4) is 0 Å². The van der Waals surface area contributed by atoms with Crippen LogP contribution in [-0.2, 0) is 19.1 Å². The molecule has 4 nitrogen and oxygen atoms in total. The highest BCUT2D eigenvalue weighted by atomic mass is 16.6. The first-order valence-electron chi connectivity index (χ1n) is 5.76. The molecule has 0 amide bonds. The van der Waals surface area contributed by atoms with Crippen molar-refractivity contribution in [3.63, 3.8) is 0 Å². The molecule has 0 radical (unpaired) electrons. The predicted octanol–water partition coefficient (Wildman–Crippen LogP) is 2.25. The van der Waals surface area contributed by atoms with Gasteiger partial charge >= 0.3 is 11.9 Å². The molecular weight excluding hydrogens is 220 g/mol. The van der Waals surface area contributed by atoms with Crippen LogP contribution in [0, 0.1) is 5.92 Å². The Morgan fingerprint density at radius 3 is 2.06 bits per heavy atom. The number of hydrogen-bond donors (Lipinski definition) is 0. The lowest BCUT2D eigenvalue weighted by molar-refractivity contribution is -0.161. The summed E-state index contributed by atoms with van der Waals surface area (Å²) >= 11 is 0. The number of carbonyl (C=O) groups is 2. The number of esters is 2. The quantitative estimate of drug-likeness (QED) is 0.371. The maximum Gasteiger partial charge on any atom is 0.320 e. The van der Waals surface area contributed by atoms with Crippen molar-refractivity contribution in [3.05, 3.63) is 24.8 Å². The molecule has 0 atom stereocenters. The molecular formula is C13H20O4. The smallest absolute Gasteiger partial charge is 0.320 e. The second-order valence-electron chi connectivity index (χ2n) is 3.29. The van der Waals surface area contributed by atoms with Crippen molar-refractivity contribution in [2.24, 2.45) is 5.92 Å². The summed E-state index contributed by atoms with van der Waals surface area (Å²) in [6, 6.07) is 0. The SMILES string of the molecule is C=CC/C=C\CC(C(=O)OCC)C(=O)OCC. The lowest BCUT2D eigenvalue weighted by Gasteiger charge is -2.12. The minimum atomic E-state index is -0.865. The Kier molecular flexibility index (Phi) is 8.74. The molecule has 0 fully saturated rings. The third-order valence-electron chi connectivity index (χ3n) is 1.98. The summed E-state index contributed by atoms with van der Waals surface area (Å²) in [7, 11) is 0. The second-order valence-corrected chi connectivity index (χ2v) is 3.29. The van der Waals surface area contributed by atoms with Crippen molar-refractivity contribution in [1.82, 2.24) is 0 Å². The Morgan fingerprint density at radius 1 is 1.12 bits per heavy atom. The van der Waals surface area contributed by atoms with E-state index in [1.807, 2.05) is 6.08 Å². The molecule has 0 aliphatic carbocycles. The summed E-state index contributed by atoms with van der Waals surface area (Å²) in [6.45, 7) is 7.49. The summed E-state index contributed by atoms with van der Waals surface area (Å²) in [5, 5.41) is 0. The van der Waals surface area contributed by atoms with Crippen LogP contribution < -0.4 is 0 Å². The van der Waals surface area contributed by atoms with Gasteiger partial charge in [0.1, 0.15) is 0 Å². The van der Waals surface area contributed by atoms with E-state index in [1.54, 1.807) is 26.0 Å². The first kappa shape index (κ1) is 15.4. The molecule has 0 bridgehead atoms. The van der Waals surface area contributed by atoms with E-state index in [0.717, 1.165) is 0 Å². The average Bonchev–Trinajstić information content (AvgIpc) is 2.29. The van der Waals surface area contributed by atoms with Crippen LogP contribution in [0.5, 0.6) is 0 Å². The zero-order valence-electron chi connectivity index (χ0n) is 10.5. The van der Waals surface area contributed by atoms with Crippen LogP contribution in [0.4, 0.5) is 0 Å². The predicted molar refractivity (Wildman–Crippen MR) is 65.3 cm³/mol. The fourth-order valence-electron chi connectivity index (χ4n) is 1.20. The van der Waals surface area contributed by atoms with Crippen LogP contribution in [0.1, 0.15) is 26.7 Å². The van der Waals surface area contributed by atoms with Gasteiger partial charge in [0.05, 0.1) is 13.2 Å². The normalized spacial score (nSPS) is 10.5. The number of rotatable bonds is 8. The van der Waals surface area contributed by atoms with E-state index in [9.17, 15) is 9.59 Å². The molecule has 0 heterocycles. The highest BCUT2D eigenvalue weighted by Gasteiger charge is 2.27. The van der Waals surface area contributed by atoms with Crippen molar-refractivity contribution < 1.29 is 19.1 Å². The molecule has 0 saturated heterocycles. The van der Waals surface area contributed by atoms with Gasteiger partial charge in [-0.2, -0.15) is 0 Å². The molecule has 0 saturated carbocycles. The monoisotopic (exact) mass is 240 g/mol. The van der Waals surface area contributed by atoms with Crippen LogP contribution in [0.3, 0.4) is 0 Å². The average molecular weight is 240 g/mol. The van der Waals surface area contributed by atoms with Gasteiger partial charge in [0.25, 0.3) is 0 Å². The zero-order chi connectivity index (χ0) is 13.1. The maximum atomic E-state index is 11.5. The van der Waals surface area contributed by atoms with Crippen LogP contribution in [-0.4, -0.2) is 25.2 Å². The van der Waals surface area contributed by atoms with E-state index < -0.39 is 17.9 Å². The topological polar surface area (TPSA) is 52.6 Å². The van der Waals surface area contributed by atoms with E-state index in [4.69, 9.17) is 9.47 Å². The first-order chi connectivity index (χ1) is 8.17. The third kappa shape index (κ3) is 6.56. The van der Waals surface area contributed by atoms with Crippen molar-refractivity contribution in [2.45, 2.75) is 26.7 Å². The molecule has 0 aliphatic heterocycles. The standard InChI is InChI=1S/C13H20O4/c1-4-7-8-9-10-11(12(14)16-5-2)13(15)17-6-3/h4,8-9,11H,1,5-7,10H2,2-3H3/b9-8-. The number of ether oxygens (including phenoxy) is 2. The van der Waals surface area contributed by atoms with Gasteiger partial charge in [-0.25, -0.2) is 0 Å². The van der Waals surface area contributed by atoms with E-state index in [0.29, 0.717) is 12.8 Å². The van der Waals surface area contributed by atoms with Gasteiger partial charge in [-0.05, 0) is 26.7 Å². The van der Waals surface area contributed by atoms with E-state index in [1.165, 1.54) is 0 Å². The Hall–Kier alpha value is -1.58. The Morgan fingerprint density at radius 2 is 1.65 bits per heavy atom. The van der Waals surface area contributed by atoms with Crippen molar-refractivity contribution in [2.75, 3.05) is 13.2 Å². The molecule has 0 aliphatic rings. The molecule has 0 aromatic carbocycles. The lowest BCUT2D eigenvalue weighted by atomic mass is 10.1. The minimum Gasteiger partial charge on any atom is -0.465 e. The van der Waals surface area contributed by atoms with Gasteiger partial charge in [-0.3, -0.25) is 9.59 Å². The Bertz CT molecular complexity index is 263. The number of allylic oxidation sites excluding steroid dienone is 3. The highest BCUT2D eigenvalue weighted by molar-refractivity contribution is 5.95. The Balaban J connectivity index is 4.44. The molecule has 96 valence electrons. The van der Waals surface area contributed by atoms with Gasteiger partial charge in [0, 0.05) is 0 Å². The summed E-state index contributed by atoms with van der Waals surface area (Å²) in [6.07, 6.45) is 6.35. The van der Waals surface area contributed by atoms with Crippen LogP contribution in [0.2, 0.25) is 0 Å². The van der Waals surface area contributed by atoms with E-state index in [-0.39, 0.29) is 13.2 Å².